The molecule has 1 aromatic rings. The molecule has 3 N–H and O–H groups in total. The van der Waals surface area contributed by atoms with Gasteiger partial charge in [0.1, 0.15) is 6.10 Å². The Balaban J connectivity index is 1.88. The van der Waals surface area contributed by atoms with Gasteiger partial charge in [0.15, 0.2) is 0 Å². The summed E-state index contributed by atoms with van der Waals surface area (Å²) in [6.45, 7) is 0. The summed E-state index contributed by atoms with van der Waals surface area (Å²) >= 11 is 0. The number of hydrogen-bond acceptors (Lipinski definition) is 3. The summed E-state index contributed by atoms with van der Waals surface area (Å²) in [4.78, 5) is 4.16. The van der Waals surface area contributed by atoms with Gasteiger partial charge in [0.2, 0.25) is 0 Å². The first-order valence-electron chi connectivity index (χ1n) is 6.62. The van der Waals surface area contributed by atoms with Gasteiger partial charge in [-0.15, -0.1) is 0 Å². The molecule has 0 radical (unpaired) electrons. The maximum Gasteiger partial charge on any atom is 0.111 e. The number of aliphatic hydroxyl groups is 1. The summed E-state index contributed by atoms with van der Waals surface area (Å²) in [5.74, 6) is 0.692. The summed E-state index contributed by atoms with van der Waals surface area (Å²) in [7, 11) is 0. The van der Waals surface area contributed by atoms with E-state index in [9.17, 15) is 5.11 Å². The van der Waals surface area contributed by atoms with Crippen LogP contribution in [0.4, 0.5) is 0 Å². The van der Waals surface area contributed by atoms with E-state index < -0.39 is 6.10 Å². The zero-order chi connectivity index (χ0) is 12.1. The van der Waals surface area contributed by atoms with Gasteiger partial charge < -0.3 is 10.8 Å². The average Bonchev–Trinajstić information content (AvgIpc) is 2.40. The van der Waals surface area contributed by atoms with Crippen molar-refractivity contribution in [1.82, 2.24) is 4.98 Å². The molecule has 1 heterocycles. The van der Waals surface area contributed by atoms with Crippen molar-refractivity contribution in [3.63, 3.8) is 0 Å². The van der Waals surface area contributed by atoms with Crippen LogP contribution in [0.25, 0.3) is 0 Å². The largest absolute Gasteiger partial charge is 0.385 e. The highest BCUT2D eigenvalue weighted by atomic mass is 16.3. The second-order valence-electron chi connectivity index (χ2n) is 5.10. The molecule has 1 saturated carbocycles. The molecule has 1 aromatic heterocycles. The van der Waals surface area contributed by atoms with Crippen molar-refractivity contribution in [3.8, 4) is 0 Å². The van der Waals surface area contributed by atoms with Crippen molar-refractivity contribution in [1.29, 1.82) is 0 Å². The number of hydrogen-bond donors (Lipinski definition) is 2. The molecule has 1 aliphatic carbocycles. The quantitative estimate of drug-likeness (QED) is 0.841. The Morgan fingerprint density at radius 3 is 2.71 bits per heavy atom. The Bertz CT molecular complexity index is 322. The Morgan fingerprint density at radius 1 is 1.29 bits per heavy atom. The van der Waals surface area contributed by atoms with Crippen LogP contribution in [-0.4, -0.2) is 16.1 Å². The molecule has 0 spiro atoms. The highest BCUT2D eigenvalue weighted by molar-refractivity contribution is 5.08. The Labute approximate surface area is 103 Å². The zero-order valence-electron chi connectivity index (χ0n) is 10.3. The van der Waals surface area contributed by atoms with Crippen LogP contribution in [0.15, 0.2) is 24.4 Å². The van der Waals surface area contributed by atoms with Crippen LogP contribution in [0, 0.1) is 5.92 Å². The lowest BCUT2D eigenvalue weighted by molar-refractivity contribution is 0.124. The molecule has 0 amide bonds. The molecule has 94 valence electrons. The minimum absolute atomic E-state index is 0.187. The fourth-order valence-electron chi connectivity index (χ4n) is 2.71. The van der Waals surface area contributed by atoms with Crippen molar-refractivity contribution in [2.75, 3.05) is 0 Å². The van der Waals surface area contributed by atoms with Gasteiger partial charge in [0.25, 0.3) is 0 Å². The topological polar surface area (TPSA) is 59.1 Å². The summed E-state index contributed by atoms with van der Waals surface area (Å²) in [5, 5.41) is 10.1. The number of rotatable bonds is 4. The van der Waals surface area contributed by atoms with E-state index in [-0.39, 0.29) is 6.04 Å². The van der Waals surface area contributed by atoms with Gasteiger partial charge >= 0.3 is 0 Å². The predicted octanol–water partition coefficient (Wildman–Crippen LogP) is 2.41. The highest BCUT2D eigenvalue weighted by Gasteiger charge is 2.23. The van der Waals surface area contributed by atoms with Crippen molar-refractivity contribution < 1.29 is 5.11 Å². The standard InChI is InChI=1S/C14H22N2O/c15-12(10-11-6-2-1-3-7-11)14(17)13-8-4-5-9-16-13/h4-5,8-9,11-12,14,17H,1-3,6-7,10,15H2. The van der Waals surface area contributed by atoms with E-state index in [2.05, 4.69) is 4.98 Å². The molecule has 0 aromatic carbocycles. The van der Waals surface area contributed by atoms with Crippen LogP contribution in [0.5, 0.6) is 0 Å². The predicted molar refractivity (Wildman–Crippen MR) is 68.4 cm³/mol. The number of aromatic nitrogens is 1. The monoisotopic (exact) mass is 234 g/mol. The third-order valence-electron chi connectivity index (χ3n) is 3.73. The minimum Gasteiger partial charge on any atom is -0.385 e. The molecular weight excluding hydrogens is 212 g/mol. The lowest BCUT2D eigenvalue weighted by Gasteiger charge is -2.26. The normalized spacial score (nSPS) is 21.1. The van der Waals surface area contributed by atoms with Gasteiger partial charge in [-0.25, -0.2) is 0 Å². The fourth-order valence-corrected chi connectivity index (χ4v) is 2.71. The summed E-state index contributed by atoms with van der Waals surface area (Å²) < 4.78 is 0. The van der Waals surface area contributed by atoms with Crippen molar-refractivity contribution in [2.24, 2.45) is 11.7 Å². The van der Waals surface area contributed by atoms with E-state index >= 15 is 0 Å². The van der Waals surface area contributed by atoms with E-state index in [4.69, 9.17) is 5.73 Å². The molecule has 2 atom stereocenters. The molecule has 1 fully saturated rings. The van der Waals surface area contributed by atoms with Gasteiger partial charge in [-0.05, 0) is 24.5 Å². The van der Waals surface area contributed by atoms with E-state index in [1.165, 1.54) is 32.1 Å². The van der Waals surface area contributed by atoms with Crippen LogP contribution in [0.2, 0.25) is 0 Å². The Morgan fingerprint density at radius 2 is 2.06 bits per heavy atom. The Kier molecular flexibility index (Phi) is 4.51. The molecule has 2 unspecified atom stereocenters. The number of pyridine rings is 1. The third kappa shape index (κ3) is 3.51. The number of aliphatic hydroxyl groups excluding tert-OH is 1. The molecule has 17 heavy (non-hydrogen) atoms. The van der Waals surface area contributed by atoms with Gasteiger partial charge in [-0.3, -0.25) is 4.98 Å². The van der Waals surface area contributed by atoms with Crippen LogP contribution >= 0.6 is 0 Å². The maximum absolute atomic E-state index is 10.1. The fraction of sp³-hybridized carbons (Fsp3) is 0.643. The SMILES string of the molecule is NC(CC1CCCCC1)C(O)c1ccccn1. The van der Waals surface area contributed by atoms with Crippen molar-refractivity contribution in [2.45, 2.75) is 50.7 Å². The summed E-state index contributed by atoms with van der Waals surface area (Å²) in [6.07, 6.45) is 8.51. The lowest BCUT2D eigenvalue weighted by Crippen LogP contribution is -2.31. The van der Waals surface area contributed by atoms with Gasteiger partial charge in [-0.1, -0.05) is 38.2 Å². The second-order valence-corrected chi connectivity index (χ2v) is 5.10. The average molecular weight is 234 g/mol. The molecular formula is C14H22N2O. The molecule has 0 bridgehead atoms. The molecule has 2 rings (SSSR count). The molecule has 3 heteroatoms. The van der Waals surface area contributed by atoms with Crippen LogP contribution in [0.1, 0.15) is 50.3 Å². The van der Waals surface area contributed by atoms with Gasteiger partial charge in [0.05, 0.1) is 5.69 Å². The second kappa shape index (κ2) is 6.12. The lowest BCUT2D eigenvalue weighted by atomic mass is 9.83. The van der Waals surface area contributed by atoms with Crippen LogP contribution < -0.4 is 5.73 Å². The first-order valence-corrected chi connectivity index (χ1v) is 6.62. The van der Waals surface area contributed by atoms with Crippen molar-refractivity contribution in [3.05, 3.63) is 30.1 Å². The van der Waals surface area contributed by atoms with Crippen molar-refractivity contribution >= 4 is 0 Å². The molecule has 3 nitrogen and oxygen atoms in total. The van der Waals surface area contributed by atoms with E-state index in [1.807, 2.05) is 18.2 Å². The van der Waals surface area contributed by atoms with Crippen LogP contribution in [-0.2, 0) is 0 Å². The van der Waals surface area contributed by atoms with Crippen LogP contribution in [0.3, 0.4) is 0 Å². The maximum atomic E-state index is 10.1. The summed E-state index contributed by atoms with van der Waals surface area (Å²) in [6, 6.07) is 5.39. The zero-order valence-corrected chi connectivity index (χ0v) is 10.3. The van der Waals surface area contributed by atoms with Gasteiger partial charge in [-0.2, -0.15) is 0 Å². The molecule has 1 aliphatic rings. The van der Waals surface area contributed by atoms with E-state index in [0.29, 0.717) is 11.6 Å². The molecule has 0 saturated heterocycles. The third-order valence-corrected chi connectivity index (χ3v) is 3.73. The highest BCUT2D eigenvalue weighted by Crippen LogP contribution is 2.29. The first kappa shape index (κ1) is 12.5. The van der Waals surface area contributed by atoms with E-state index in [0.717, 1.165) is 6.42 Å². The minimum atomic E-state index is -0.627. The molecule has 0 aliphatic heterocycles. The first-order chi connectivity index (χ1) is 8.27. The number of nitrogens with zero attached hydrogens (tertiary/aromatic N) is 1. The smallest absolute Gasteiger partial charge is 0.111 e. The van der Waals surface area contributed by atoms with E-state index in [1.54, 1.807) is 6.20 Å². The van der Waals surface area contributed by atoms with Gasteiger partial charge in [0, 0.05) is 12.2 Å². The summed E-state index contributed by atoms with van der Waals surface area (Å²) in [5.41, 5.74) is 6.78. The Hall–Kier alpha value is -0.930. The number of nitrogens with two attached hydrogens (primary N) is 1.